The van der Waals surface area contributed by atoms with Crippen LogP contribution in [-0.2, 0) is 11.7 Å². The molecule has 0 aliphatic carbocycles. The number of aryl methyl sites for hydroxylation is 2. The van der Waals surface area contributed by atoms with E-state index in [0.717, 1.165) is 28.1 Å². The number of piperazine rings is 1. The number of aromatic amines is 1. The van der Waals surface area contributed by atoms with Crippen molar-refractivity contribution in [2.75, 3.05) is 31.1 Å². The standard InChI is InChI=1S/C28H32F3N7O/c1-17-13-19-15-22(26(39)32-23(19)14-18(17)2)24(25-33-34-35-38(25)27(3,4)5)37-11-9-36(10-12-37)21-8-6-7-20(16-21)28(29,30)31/h6-8,13-16,24H,9-12H2,1-5H3,(H,32,39)/t24-/m0/s1. The first-order valence-electron chi connectivity index (χ1n) is 12.9. The molecule has 0 amide bonds. The average molecular weight is 540 g/mol. The maximum atomic E-state index is 13.5. The van der Waals surface area contributed by atoms with E-state index in [-0.39, 0.29) is 5.56 Å². The van der Waals surface area contributed by atoms with Crippen LogP contribution in [0.1, 0.15) is 54.9 Å². The highest BCUT2D eigenvalue weighted by atomic mass is 19.4. The summed E-state index contributed by atoms with van der Waals surface area (Å²) in [6.45, 7) is 12.0. The summed E-state index contributed by atoms with van der Waals surface area (Å²) in [5.74, 6) is 0.545. The first-order chi connectivity index (χ1) is 18.3. The monoisotopic (exact) mass is 539 g/mol. The third-order valence-corrected chi connectivity index (χ3v) is 7.37. The number of nitrogens with zero attached hydrogens (tertiary/aromatic N) is 6. The van der Waals surface area contributed by atoms with Crippen LogP contribution in [0.5, 0.6) is 0 Å². The van der Waals surface area contributed by atoms with Crippen LogP contribution in [0, 0.1) is 13.8 Å². The zero-order valence-electron chi connectivity index (χ0n) is 22.7. The van der Waals surface area contributed by atoms with Gasteiger partial charge in [-0.2, -0.15) is 13.2 Å². The lowest BCUT2D eigenvalue weighted by Crippen LogP contribution is -2.49. The van der Waals surface area contributed by atoms with Gasteiger partial charge in [0.2, 0.25) is 0 Å². The Bertz CT molecular complexity index is 1560. The summed E-state index contributed by atoms with van der Waals surface area (Å²) >= 11 is 0. The Kier molecular flexibility index (Phi) is 6.74. The molecule has 1 N–H and O–H groups in total. The number of hydrogen-bond donors (Lipinski definition) is 1. The lowest BCUT2D eigenvalue weighted by molar-refractivity contribution is -0.137. The van der Waals surface area contributed by atoms with E-state index in [2.05, 4.69) is 31.5 Å². The van der Waals surface area contributed by atoms with Gasteiger partial charge in [0, 0.05) is 42.9 Å². The maximum Gasteiger partial charge on any atom is 0.416 e. The number of fused-ring (bicyclic) bond motifs is 1. The number of alkyl halides is 3. The highest BCUT2D eigenvalue weighted by molar-refractivity contribution is 5.81. The van der Waals surface area contributed by atoms with Crippen molar-refractivity contribution in [2.45, 2.75) is 52.4 Å². The van der Waals surface area contributed by atoms with Crippen LogP contribution in [0.4, 0.5) is 18.9 Å². The van der Waals surface area contributed by atoms with E-state index in [0.29, 0.717) is 43.3 Å². The molecular weight excluding hydrogens is 507 g/mol. The van der Waals surface area contributed by atoms with Crippen molar-refractivity contribution >= 4 is 16.6 Å². The molecule has 39 heavy (non-hydrogen) atoms. The number of rotatable bonds is 4. The quantitative estimate of drug-likeness (QED) is 0.401. The number of benzene rings is 2. The van der Waals surface area contributed by atoms with Crippen LogP contribution in [-0.4, -0.2) is 56.3 Å². The summed E-state index contributed by atoms with van der Waals surface area (Å²) in [6, 6.07) is 10.8. The van der Waals surface area contributed by atoms with Gasteiger partial charge in [-0.25, -0.2) is 4.68 Å². The molecule has 1 aliphatic heterocycles. The molecule has 0 radical (unpaired) electrons. The van der Waals surface area contributed by atoms with Crippen LogP contribution < -0.4 is 10.5 Å². The lowest BCUT2D eigenvalue weighted by Gasteiger charge is -2.40. The summed E-state index contributed by atoms with van der Waals surface area (Å²) in [7, 11) is 0. The number of halogens is 3. The smallest absolute Gasteiger partial charge is 0.369 e. The molecule has 0 bridgehead atoms. The van der Waals surface area contributed by atoms with Gasteiger partial charge in [0.1, 0.15) is 6.04 Å². The van der Waals surface area contributed by atoms with Gasteiger partial charge in [-0.3, -0.25) is 9.69 Å². The summed E-state index contributed by atoms with van der Waals surface area (Å²) in [6.07, 6.45) is -4.40. The van der Waals surface area contributed by atoms with Crippen molar-refractivity contribution in [3.05, 3.63) is 80.9 Å². The van der Waals surface area contributed by atoms with Gasteiger partial charge in [0.05, 0.1) is 11.1 Å². The zero-order chi connectivity index (χ0) is 28.1. The molecule has 8 nitrogen and oxygen atoms in total. The highest BCUT2D eigenvalue weighted by Gasteiger charge is 2.36. The number of aromatic nitrogens is 5. The molecule has 0 unspecified atom stereocenters. The minimum atomic E-state index is -4.40. The molecule has 2 aromatic heterocycles. The second kappa shape index (κ2) is 9.78. The number of H-pyrrole nitrogens is 1. The van der Waals surface area contributed by atoms with Gasteiger partial charge in [-0.15, -0.1) is 5.10 Å². The predicted octanol–water partition coefficient (Wildman–Crippen LogP) is 4.82. The lowest BCUT2D eigenvalue weighted by atomic mass is 9.99. The van der Waals surface area contributed by atoms with E-state index in [4.69, 9.17) is 0 Å². The van der Waals surface area contributed by atoms with Crippen molar-refractivity contribution < 1.29 is 13.2 Å². The third kappa shape index (κ3) is 5.27. The van der Waals surface area contributed by atoms with E-state index in [1.807, 2.05) is 51.7 Å². The molecule has 2 aromatic carbocycles. The Balaban J connectivity index is 1.53. The predicted molar refractivity (Wildman–Crippen MR) is 144 cm³/mol. The Morgan fingerprint density at radius 1 is 0.949 bits per heavy atom. The Labute approximate surface area is 224 Å². The zero-order valence-corrected chi connectivity index (χ0v) is 22.7. The first kappa shape index (κ1) is 26.9. The third-order valence-electron chi connectivity index (χ3n) is 7.37. The number of nitrogens with one attached hydrogen (secondary N) is 1. The minimum Gasteiger partial charge on any atom is -0.369 e. The summed E-state index contributed by atoms with van der Waals surface area (Å²) in [5.41, 5.74) is 2.69. The fraction of sp³-hybridized carbons (Fsp3) is 0.429. The Morgan fingerprint density at radius 2 is 1.64 bits per heavy atom. The van der Waals surface area contributed by atoms with Gasteiger partial charge < -0.3 is 9.88 Å². The topological polar surface area (TPSA) is 82.9 Å². The van der Waals surface area contributed by atoms with Gasteiger partial charge in [0.25, 0.3) is 5.56 Å². The average Bonchev–Trinajstić information content (AvgIpc) is 3.36. The molecule has 1 saturated heterocycles. The van der Waals surface area contributed by atoms with E-state index in [1.54, 1.807) is 10.7 Å². The van der Waals surface area contributed by atoms with Gasteiger partial charge in [-0.05, 0) is 98.0 Å². The SMILES string of the molecule is Cc1cc2cc([C@@H](c3nnnn3C(C)(C)C)N3CCN(c4cccc(C(F)(F)F)c4)CC3)c(=O)[nH]c2cc1C. The minimum absolute atomic E-state index is 0.223. The maximum absolute atomic E-state index is 13.5. The molecule has 5 rings (SSSR count). The molecule has 0 saturated carbocycles. The Morgan fingerprint density at radius 3 is 2.31 bits per heavy atom. The number of tetrazole rings is 1. The van der Waals surface area contributed by atoms with Crippen molar-refractivity contribution in [3.63, 3.8) is 0 Å². The molecular formula is C28H32F3N7O. The normalized spacial score (nSPS) is 16.2. The molecule has 1 fully saturated rings. The van der Waals surface area contributed by atoms with Crippen LogP contribution in [0.15, 0.2) is 47.3 Å². The fourth-order valence-electron chi connectivity index (χ4n) is 5.16. The fourth-order valence-corrected chi connectivity index (χ4v) is 5.16. The van der Waals surface area contributed by atoms with Gasteiger partial charge >= 0.3 is 6.18 Å². The van der Waals surface area contributed by atoms with Crippen LogP contribution in [0.3, 0.4) is 0 Å². The van der Waals surface area contributed by atoms with Crippen molar-refractivity contribution in [2.24, 2.45) is 0 Å². The summed E-state index contributed by atoms with van der Waals surface area (Å²) in [5, 5.41) is 13.5. The van der Waals surface area contributed by atoms with Crippen molar-refractivity contribution in [3.8, 4) is 0 Å². The molecule has 1 aliphatic rings. The molecule has 206 valence electrons. The van der Waals surface area contributed by atoms with Crippen LogP contribution in [0.25, 0.3) is 10.9 Å². The van der Waals surface area contributed by atoms with Crippen LogP contribution in [0.2, 0.25) is 0 Å². The summed E-state index contributed by atoms with van der Waals surface area (Å²) in [4.78, 5) is 20.6. The Hall–Kier alpha value is -3.73. The van der Waals surface area contributed by atoms with Crippen molar-refractivity contribution in [1.29, 1.82) is 0 Å². The second-order valence-corrected chi connectivity index (χ2v) is 11.2. The molecule has 3 heterocycles. The molecule has 0 spiro atoms. The highest BCUT2D eigenvalue weighted by Crippen LogP contribution is 2.34. The van der Waals surface area contributed by atoms with Crippen LogP contribution >= 0.6 is 0 Å². The molecule has 11 heteroatoms. The van der Waals surface area contributed by atoms with E-state index < -0.39 is 23.3 Å². The van der Waals surface area contributed by atoms with E-state index >= 15 is 0 Å². The molecule has 4 aromatic rings. The largest absolute Gasteiger partial charge is 0.416 e. The number of pyridine rings is 1. The summed E-state index contributed by atoms with van der Waals surface area (Å²) < 4.78 is 41.6. The van der Waals surface area contributed by atoms with Gasteiger partial charge in [-0.1, -0.05) is 6.07 Å². The molecule has 1 atom stereocenters. The van der Waals surface area contributed by atoms with Crippen molar-refractivity contribution in [1.82, 2.24) is 30.1 Å². The van der Waals surface area contributed by atoms with Gasteiger partial charge in [0.15, 0.2) is 5.82 Å². The number of hydrogen-bond acceptors (Lipinski definition) is 6. The van der Waals surface area contributed by atoms with E-state index in [1.165, 1.54) is 12.1 Å². The first-order valence-corrected chi connectivity index (χ1v) is 12.9. The second-order valence-electron chi connectivity index (χ2n) is 11.2. The van der Waals surface area contributed by atoms with E-state index in [9.17, 15) is 18.0 Å². The number of anilines is 1.